The van der Waals surface area contributed by atoms with E-state index >= 15 is 0 Å². The first-order valence-electron chi connectivity index (χ1n) is 4.13. The Morgan fingerprint density at radius 1 is 1.50 bits per heavy atom. The minimum atomic E-state index is 0.525. The van der Waals surface area contributed by atoms with Crippen LogP contribution < -0.4 is 0 Å². The van der Waals surface area contributed by atoms with Crippen molar-refractivity contribution in [3.05, 3.63) is 29.6 Å². The van der Waals surface area contributed by atoms with E-state index in [1.165, 1.54) is 6.42 Å². The van der Waals surface area contributed by atoms with Gasteiger partial charge in [0.1, 0.15) is 5.69 Å². The van der Waals surface area contributed by atoms with Crippen molar-refractivity contribution in [1.29, 1.82) is 0 Å². The molecular weight excluding hydrogens is 150 g/mol. The quantitative estimate of drug-likeness (QED) is 0.599. The predicted molar refractivity (Wildman–Crippen MR) is 50.3 cm³/mol. The smallest absolute Gasteiger partial charge is 0.168 e. The molecule has 0 amide bonds. The fraction of sp³-hybridized carbons (Fsp3) is 0.400. The summed E-state index contributed by atoms with van der Waals surface area (Å²) in [6.07, 6.45) is 3.62. The van der Waals surface area contributed by atoms with Crippen molar-refractivity contribution in [3.8, 4) is 0 Å². The van der Waals surface area contributed by atoms with Gasteiger partial charge in [-0.1, -0.05) is 26.3 Å². The monoisotopic (exact) mass is 165 g/mol. The zero-order valence-electron chi connectivity index (χ0n) is 7.87. The number of hydrogen-bond acceptors (Lipinski definition) is 2. The normalized spacial score (nSPS) is 8.25. The highest BCUT2D eigenvalue weighted by atomic mass is 16.1. The summed E-state index contributed by atoms with van der Waals surface area (Å²) in [6, 6.07) is 3.67. The largest absolute Gasteiger partial charge is 0.296 e. The molecule has 0 aromatic carbocycles. The highest BCUT2D eigenvalue weighted by molar-refractivity contribution is 5.73. The fourth-order valence-electron chi connectivity index (χ4n) is 0.621. The average Bonchev–Trinajstić information content (AvgIpc) is 2.07. The van der Waals surface area contributed by atoms with Crippen LogP contribution in [-0.4, -0.2) is 11.3 Å². The van der Waals surface area contributed by atoms with E-state index in [-0.39, 0.29) is 0 Å². The maximum absolute atomic E-state index is 10.2. The Morgan fingerprint density at radius 3 is 2.42 bits per heavy atom. The van der Waals surface area contributed by atoms with E-state index in [1.54, 1.807) is 6.20 Å². The minimum Gasteiger partial charge on any atom is -0.296 e. The van der Waals surface area contributed by atoms with Crippen LogP contribution >= 0.6 is 0 Å². The predicted octanol–water partition coefficient (Wildman–Crippen LogP) is 2.62. The third-order valence-corrected chi connectivity index (χ3v) is 1.16. The summed E-state index contributed by atoms with van der Waals surface area (Å²) >= 11 is 0. The van der Waals surface area contributed by atoms with Gasteiger partial charge in [0.25, 0.3) is 0 Å². The van der Waals surface area contributed by atoms with Crippen molar-refractivity contribution in [1.82, 2.24) is 4.98 Å². The number of pyridine rings is 1. The lowest BCUT2D eigenvalue weighted by atomic mass is 10.2. The molecule has 0 aliphatic carbocycles. The van der Waals surface area contributed by atoms with Crippen LogP contribution in [-0.2, 0) is 0 Å². The summed E-state index contributed by atoms with van der Waals surface area (Å²) in [5.74, 6) is 0. The Bertz CT molecular complexity index is 233. The standard InChI is InChI=1S/C7H7NO.C3H8/c1-6-3-2-4-8-7(6)5-9;1-3-2/h2-5H,1H3;3H2,1-2H3. The van der Waals surface area contributed by atoms with E-state index in [9.17, 15) is 4.79 Å². The SMILES string of the molecule is CCC.Cc1cccnc1C=O. The number of aromatic nitrogens is 1. The van der Waals surface area contributed by atoms with Crippen LogP contribution in [0.5, 0.6) is 0 Å². The van der Waals surface area contributed by atoms with Gasteiger partial charge in [0.2, 0.25) is 0 Å². The zero-order valence-corrected chi connectivity index (χ0v) is 7.87. The summed E-state index contributed by atoms with van der Waals surface area (Å²) in [7, 11) is 0. The van der Waals surface area contributed by atoms with Crippen LogP contribution in [0.25, 0.3) is 0 Å². The zero-order chi connectivity index (χ0) is 9.40. The molecule has 0 unspecified atom stereocenters. The molecule has 1 heterocycles. The van der Waals surface area contributed by atoms with Crippen molar-refractivity contribution in [3.63, 3.8) is 0 Å². The van der Waals surface area contributed by atoms with Gasteiger partial charge in [0.05, 0.1) is 0 Å². The lowest BCUT2D eigenvalue weighted by molar-refractivity contribution is 0.111. The maximum atomic E-state index is 10.2. The molecule has 12 heavy (non-hydrogen) atoms. The molecule has 0 atom stereocenters. The molecule has 0 saturated heterocycles. The average molecular weight is 165 g/mol. The van der Waals surface area contributed by atoms with Crippen LogP contribution in [0.4, 0.5) is 0 Å². The van der Waals surface area contributed by atoms with Crippen LogP contribution in [0.1, 0.15) is 36.3 Å². The van der Waals surface area contributed by atoms with Gasteiger partial charge < -0.3 is 0 Å². The highest BCUT2D eigenvalue weighted by Gasteiger charge is 1.92. The second-order valence-corrected chi connectivity index (χ2v) is 2.53. The molecule has 1 rings (SSSR count). The van der Waals surface area contributed by atoms with Gasteiger partial charge in [-0.2, -0.15) is 0 Å². The van der Waals surface area contributed by atoms with Crippen LogP contribution in [0.3, 0.4) is 0 Å². The number of carbonyl (C=O) groups excluding carboxylic acids is 1. The topological polar surface area (TPSA) is 30.0 Å². The minimum absolute atomic E-state index is 0.525. The molecule has 0 saturated carbocycles. The second-order valence-electron chi connectivity index (χ2n) is 2.53. The summed E-state index contributed by atoms with van der Waals surface area (Å²) in [4.78, 5) is 14.0. The molecule has 0 aliphatic heterocycles. The molecule has 2 nitrogen and oxygen atoms in total. The Hall–Kier alpha value is -1.18. The van der Waals surface area contributed by atoms with Crippen molar-refractivity contribution >= 4 is 6.29 Å². The number of nitrogens with zero attached hydrogens (tertiary/aromatic N) is 1. The van der Waals surface area contributed by atoms with Crippen molar-refractivity contribution < 1.29 is 4.79 Å². The summed E-state index contributed by atoms with van der Waals surface area (Å²) < 4.78 is 0. The highest BCUT2D eigenvalue weighted by Crippen LogP contribution is 1.97. The van der Waals surface area contributed by atoms with Gasteiger partial charge >= 0.3 is 0 Å². The molecule has 66 valence electrons. The third-order valence-electron chi connectivity index (χ3n) is 1.16. The molecule has 0 fully saturated rings. The molecule has 0 aliphatic rings. The first-order valence-corrected chi connectivity index (χ1v) is 4.13. The number of aldehydes is 1. The fourth-order valence-corrected chi connectivity index (χ4v) is 0.621. The van der Waals surface area contributed by atoms with Crippen LogP contribution in [0.15, 0.2) is 18.3 Å². The van der Waals surface area contributed by atoms with Gasteiger partial charge in [-0.15, -0.1) is 0 Å². The summed E-state index contributed by atoms with van der Waals surface area (Å²) in [5.41, 5.74) is 1.45. The van der Waals surface area contributed by atoms with Crippen molar-refractivity contribution in [2.24, 2.45) is 0 Å². The van der Waals surface area contributed by atoms with E-state index in [4.69, 9.17) is 0 Å². The lowest BCUT2D eigenvalue weighted by Gasteiger charge is -1.91. The number of aryl methyl sites for hydroxylation is 1. The molecule has 0 radical (unpaired) electrons. The van der Waals surface area contributed by atoms with Crippen LogP contribution in [0.2, 0.25) is 0 Å². The molecule has 1 aromatic heterocycles. The van der Waals surface area contributed by atoms with E-state index in [2.05, 4.69) is 18.8 Å². The van der Waals surface area contributed by atoms with Gasteiger partial charge in [0, 0.05) is 6.20 Å². The molecule has 0 N–H and O–H groups in total. The van der Waals surface area contributed by atoms with E-state index in [0.29, 0.717) is 5.69 Å². The summed E-state index contributed by atoms with van der Waals surface area (Å²) in [5, 5.41) is 0. The van der Waals surface area contributed by atoms with Crippen molar-refractivity contribution in [2.75, 3.05) is 0 Å². The number of hydrogen-bond donors (Lipinski definition) is 0. The number of carbonyl (C=O) groups is 1. The number of rotatable bonds is 1. The Morgan fingerprint density at radius 2 is 2.08 bits per heavy atom. The Kier molecular flexibility index (Phi) is 5.88. The maximum Gasteiger partial charge on any atom is 0.168 e. The Labute approximate surface area is 73.6 Å². The molecule has 0 bridgehead atoms. The molecule has 0 spiro atoms. The molecular formula is C10H15NO. The first kappa shape index (κ1) is 10.8. The molecule has 2 heteroatoms. The Balaban J connectivity index is 0.000000354. The lowest BCUT2D eigenvalue weighted by Crippen LogP contribution is -1.88. The van der Waals surface area contributed by atoms with Gasteiger partial charge in [-0.05, 0) is 18.6 Å². The van der Waals surface area contributed by atoms with Gasteiger partial charge in [-0.25, -0.2) is 0 Å². The van der Waals surface area contributed by atoms with Gasteiger partial charge in [-0.3, -0.25) is 9.78 Å². The summed E-state index contributed by atoms with van der Waals surface area (Å²) in [6.45, 7) is 6.11. The van der Waals surface area contributed by atoms with Crippen LogP contribution in [0, 0.1) is 6.92 Å². The molecule has 1 aromatic rings. The second kappa shape index (κ2) is 6.53. The van der Waals surface area contributed by atoms with E-state index in [0.717, 1.165) is 11.8 Å². The van der Waals surface area contributed by atoms with Gasteiger partial charge in [0.15, 0.2) is 6.29 Å². The van der Waals surface area contributed by atoms with E-state index < -0.39 is 0 Å². The first-order chi connectivity index (χ1) is 5.76. The van der Waals surface area contributed by atoms with Crippen molar-refractivity contribution in [2.45, 2.75) is 27.2 Å². The van der Waals surface area contributed by atoms with E-state index in [1.807, 2.05) is 19.1 Å². The third kappa shape index (κ3) is 3.86.